The Hall–Kier alpha value is -4.97. The van der Waals surface area contributed by atoms with Crippen LogP contribution in [-0.4, -0.2) is 30.4 Å². The van der Waals surface area contributed by atoms with E-state index in [1.807, 2.05) is 84.9 Å². The first-order chi connectivity index (χ1) is 17.7. The van der Waals surface area contributed by atoms with Crippen molar-refractivity contribution in [3.8, 4) is 56.7 Å². The SMILES string of the molecule is Cc1ccc(-c2cc(-c3cccc(-c4nnc(-c5ccccc5)c(-c5ccccc5)n4)n3)[nH]n2)cc1. The Morgan fingerprint density at radius 3 is 1.92 bits per heavy atom. The lowest BCUT2D eigenvalue weighted by molar-refractivity contribution is 0.981. The predicted molar refractivity (Wildman–Crippen MR) is 142 cm³/mol. The lowest BCUT2D eigenvalue weighted by Gasteiger charge is -2.10. The Balaban J connectivity index is 1.39. The van der Waals surface area contributed by atoms with Crippen molar-refractivity contribution >= 4 is 0 Å². The van der Waals surface area contributed by atoms with Gasteiger partial charge in [-0.05, 0) is 25.1 Å². The van der Waals surface area contributed by atoms with Gasteiger partial charge in [0.1, 0.15) is 17.1 Å². The minimum Gasteiger partial charge on any atom is -0.276 e. The van der Waals surface area contributed by atoms with E-state index in [-0.39, 0.29) is 0 Å². The van der Waals surface area contributed by atoms with Crippen molar-refractivity contribution in [3.05, 3.63) is 115 Å². The summed E-state index contributed by atoms with van der Waals surface area (Å²) < 4.78 is 0. The van der Waals surface area contributed by atoms with Gasteiger partial charge in [0, 0.05) is 16.7 Å². The normalized spacial score (nSPS) is 10.9. The smallest absolute Gasteiger partial charge is 0.201 e. The van der Waals surface area contributed by atoms with Crippen molar-refractivity contribution in [1.29, 1.82) is 0 Å². The van der Waals surface area contributed by atoms with Gasteiger partial charge in [0.15, 0.2) is 0 Å². The molecule has 0 atom stereocenters. The van der Waals surface area contributed by atoms with Gasteiger partial charge in [0.2, 0.25) is 5.82 Å². The second-order valence-electron chi connectivity index (χ2n) is 8.51. The van der Waals surface area contributed by atoms with Crippen molar-refractivity contribution in [3.63, 3.8) is 0 Å². The summed E-state index contributed by atoms with van der Waals surface area (Å²) in [4.78, 5) is 9.76. The summed E-state index contributed by atoms with van der Waals surface area (Å²) in [6.07, 6.45) is 0. The number of nitrogens with zero attached hydrogens (tertiary/aromatic N) is 5. The van der Waals surface area contributed by atoms with Crippen molar-refractivity contribution in [2.24, 2.45) is 0 Å². The standard InChI is InChI=1S/C30H22N6/c1-20-15-17-21(18-16-20)26-19-27(34-33-26)24-13-8-14-25(31-24)30-32-28(22-9-4-2-5-10-22)29(35-36-30)23-11-6-3-7-12-23/h2-19H,1H3,(H,33,34). The fourth-order valence-corrected chi connectivity index (χ4v) is 4.06. The van der Waals surface area contributed by atoms with Crippen LogP contribution in [0.25, 0.3) is 56.7 Å². The highest BCUT2D eigenvalue weighted by Crippen LogP contribution is 2.30. The van der Waals surface area contributed by atoms with Crippen LogP contribution in [0.15, 0.2) is 109 Å². The minimum absolute atomic E-state index is 0.466. The third-order valence-electron chi connectivity index (χ3n) is 5.96. The maximum absolute atomic E-state index is 4.92. The van der Waals surface area contributed by atoms with Crippen LogP contribution in [-0.2, 0) is 0 Å². The van der Waals surface area contributed by atoms with E-state index in [9.17, 15) is 0 Å². The van der Waals surface area contributed by atoms with Crippen LogP contribution >= 0.6 is 0 Å². The van der Waals surface area contributed by atoms with Crippen LogP contribution in [0.1, 0.15) is 5.56 Å². The molecule has 172 valence electrons. The molecule has 0 unspecified atom stereocenters. The quantitative estimate of drug-likeness (QED) is 0.308. The second-order valence-corrected chi connectivity index (χ2v) is 8.51. The number of pyridine rings is 1. The molecule has 0 aliphatic heterocycles. The van der Waals surface area contributed by atoms with E-state index in [2.05, 4.69) is 51.6 Å². The molecule has 36 heavy (non-hydrogen) atoms. The van der Waals surface area contributed by atoms with Gasteiger partial charge in [0.05, 0.1) is 17.1 Å². The van der Waals surface area contributed by atoms with Crippen LogP contribution in [0.5, 0.6) is 0 Å². The number of nitrogens with one attached hydrogen (secondary N) is 1. The zero-order chi connectivity index (χ0) is 24.3. The van der Waals surface area contributed by atoms with Gasteiger partial charge in [-0.3, -0.25) is 5.10 Å². The molecule has 3 aromatic carbocycles. The molecule has 0 fully saturated rings. The number of hydrogen-bond acceptors (Lipinski definition) is 5. The lowest BCUT2D eigenvalue weighted by Crippen LogP contribution is -2.01. The molecule has 0 amide bonds. The highest BCUT2D eigenvalue weighted by atomic mass is 15.2. The molecule has 0 radical (unpaired) electrons. The van der Waals surface area contributed by atoms with Crippen molar-refractivity contribution in [2.75, 3.05) is 0 Å². The number of aryl methyl sites for hydroxylation is 1. The van der Waals surface area contributed by atoms with Gasteiger partial charge >= 0.3 is 0 Å². The van der Waals surface area contributed by atoms with Crippen LogP contribution in [0, 0.1) is 6.92 Å². The number of rotatable bonds is 5. The van der Waals surface area contributed by atoms with E-state index in [1.54, 1.807) is 0 Å². The van der Waals surface area contributed by atoms with E-state index >= 15 is 0 Å². The van der Waals surface area contributed by atoms with E-state index in [1.165, 1.54) is 5.56 Å². The van der Waals surface area contributed by atoms with Gasteiger partial charge in [-0.1, -0.05) is 96.6 Å². The first kappa shape index (κ1) is 21.6. The molecule has 3 heterocycles. The molecule has 0 aliphatic rings. The number of hydrogen-bond donors (Lipinski definition) is 1. The molecule has 1 N–H and O–H groups in total. The Bertz CT molecular complexity index is 1620. The van der Waals surface area contributed by atoms with Gasteiger partial charge in [-0.15, -0.1) is 10.2 Å². The van der Waals surface area contributed by atoms with Gasteiger partial charge in [-0.2, -0.15) is 5.10 Å². The molecule has 0 saturated carbocycles. The Kier molecular flexibility index (Phi) is 5.60. The highest BCUT2D eigenvalue weighted by molar-refractivity contribution is 5.78. The number of benzene rings is 3. The molecule has 6 nitrogen and oxygen atoms in total. The molecule has 6 heteroatoms. The van der Waals surface area contributed by atoms with Gasteiger partial charge in [0.25, 0.3) is 0 Å². The van der Waals surface area contributed by atoms with Crippen molar-refractivity contribution in [1.82, 2.24) is 30.4 Å². The molecule has 0 bridgehead atoms. The summed E-state index contributed by atoms with van der Waals surface area (Å²) in [5.74, 6) is 0.466. The van der Waals surface area contributed by atoms with Crippen LogP contribution < -0.4 is 0 Å². The van der Waals surface area contributed by atoms with E-state index < -0.39 is 0 Å². The topological polar surface area (TPSA) is 80.2 Å². The molecule has 6 aromatic rings. The summed E-state index contributed by atoms with van der Waals surface area (Å²) >= 11 is 0. The Labute approximate surface area is 208 Å². The van der Waals surface area contributed by atoms with Crippen LogP contribution in [0.2, 0.25) is 0 Å². The summed E-state index contributed by atoms with van der Waals surface area (Å²) in [5, 5.41) is 16.6. The van der Waals surface area contributed by atoms with Gasteiger partial charge < -0.3 is 0 Å². The van der Waals surface area contributed by atoms with Gasteiger partial charge in [-0.25, -0.2) is 9.97 Å². The average Bonchev–Trinajstić information content (AvgIpc) is 3.45. The highest BCUT2D eigenvalue weighted by Gasteiger charge is 2.16. The monoisotopic (exact) mass is 466 g/mol. The first-order valence-electron chi connectivity index (χ1n) is 11.7. The minimum atomic E-state index is 0.466. The van der Waals surface area contributed by atoms with Crippen LogP contribution in [0.4, 0.5) is 0 Å². The molecule has 0 spiro atoms. The Morgan fingerprint density at radius 2 is 1.19 bits per heavy atom. The number of aromatic nitrogens is 6. The summed E-state index contributed by atoms with van der Waals surface area (Å²) in [6, 6.07) is 36.1. The van der Waals surface area contributed by atoms with Crippen molar-refractivity contribution < 1.29 is 0 Å². The molecule has 0 saturated heterocycles. The fraction of sp³-hybridized carbons (Fsp3) is 0.0333. The zero-order valence-electron chi connectivity index (χ0n) is 19.6. The van der Waals surface area contributed by atoms with Crippen molar-refractivity contribution in [2.45, 2.75) is 6.92 Å². The zero-order valence-corrected chi connectivity index (χ0v) is 19.6. The molecule has 6 rings (SSSR count). The van der Waals surface area contributed by atoms with E-state index in [0.717, 1.165) is 45.2 Å². The third kappa shape index (κ3) is 4.28. The van der Waals surface area contributed by atoms with E-state index in [4.69, 9.17) is 9.97 Å². The molecule has 0 aliphatic carbocycles. The molecular weight excluding hydrogens is 444 g/mol. The maximum Gasteiger partial charge on any atom is 0.201 e. The Morgan fingerprint density at radius 1 is 0.528 bits per heavy atom. The lowest BCUT2D eigenvalue weighted by atomic mass is 10.0. The number of H-pyrrole nitrogens is 1. The maximum atomic E-state index is 4.92. The molecule has 3 aromatic heterocycles. The average molecular weight is 467 g/mol. The second kappa shape index (κ2) is 9.35. The largest absolute Gasteiger partial charge is 0.276 e. The molecular formula is C30H22N6. The summed E-state index contributed by atoms with van der Waals surface area (Å²) in [7, 11) is 0. The third-order valence-corrected chi connectivity index (χ3v) is 5.96. The first-order valence-corrected chi connectivity index (χ1v) is 11.7. The predicted octanol–water partition coefficient (Wildman–Crippen LogP) is 6.63. The van der Waals surface area contributed by atoms with Crippen LogP contribution in [0.3, 0.4) is 0 Å². The fourth-order valence-electron chi connectivity index (χ4n) is 4.06. The summed E-state index contributed by atoms with van der Waals surface area (Å²) in [5.41, 5.74) is 8.80. The summed E-state index contributed by atoms with van der Waals surface area (Å²) in [6.45, 7) is 2.07. The van der Waals surface area contributed by atoms with E-state index in [0.29, 0.717) is 11.5 Å². The number of aromatic amines is 1.